The van der Waals surface area contributed by atoms with Crippen molar-refractivity contribution in [3.8, 4) is 11.4 Å². The first-order chi connectivity index (χ1) is 11.5. The van der Waals surface area contributed by atoms with E-state index in [1.807, 2.05) is 5.38 Å². The highest BCUT2D eigenvalue weighted by atomic mass is 32.1. The van der Waals surface area contributed by atoms with Crippen molar-refractivity contribution in [2.24, 2.45) is 0 Å². The van der Waals surface area contributed by atoms with E-state index >= 15 is 0 Å². The van der Waals surface area contributed by atoms with Crippen LogP contribution in [0.5, 0.6) is 0 Å². The van der Waals surface area contributed by atoms with Crippen molar-refractivity contribution in [1.29, 1.82) is 0 Å². The molecule has 3 N–H and O–H groups in total. The minimum atomic E-state index is -1.10. The Morgan fingerprint density at radius 3 is 2.50 bits per heavy atom. The Morgan fingerprint density at radius 2 is 1.83 bits per heavy atom. The Labute approximate surface area is 139 Å². The highest BCUT2D eigenvalue weighted by Gasteiger charge is 2.43. The molecule has 120 valence electrons. The number of aromatic amines is 1. The predicted molar refractivity (Wildman–Crippen MR) is 89.7 cm³/mol. The van der Waals surface area contributed by atoms with Crippen LogP contribution in [0.2, 0.25) is 0 Å². The van der Waals surface area contributed by atoms with Crippen LogP contribution in [-0.2, 0) is 10.3 Å². The number of imide groups is 1. The first kappa shape index (κ1) is 14.6. The van der Waals surface area contributed by atoms with Gasteiger partial charge in [-0.3, -0.25) is 14.9 Å². The summed E-state index contributed by atoms with van der Waals surface area (Å²) in [4.78, 5) is 42.6. The van der Waals surface area contributed by atoms with Gasteiger partial charge in [-0.15, -0.1) is 11.3 Å². The van der Waals surface area contributed by atoms with Crippen molar-refractivity contribution in [2.45, 2.75) is 12.5 Å². The second-order valence-electron chi connectivity index (χ2n) is 5.66. The summed E-state index contributed by atoms with van der Waals surface area (Å²) in [5, 5.41) is 6.66. The lowest BCUT2D eigenvalue weighted by Crippen LogP contribution is -2.40. The van der Waals surface area contributed by atoms with Gasteiger partial charge >= 0.3 is 6.03 Å². The maximum absolute atomic E-state index is 12.1. The number of hydrogen-bond acceptors (Lipinski definition) is 5. The van der Waals surface area contributed by atoms with Crippen LogP contribution in [0.25, 0.3) is 21.6 Å². The normalized spacial score (nSPS) is 20.2. The zero-order valence-corrected chi connectivity index (χ0v) is 13.4. The lowest BCUT2D eigenvalue weighted by atomic mass is 9.91. The predicted octanol–water partition coefficient (Wildman–Crippen LogP) is 1.71. The third-order valence-corrected chi connectivity index (χ3v) is 5.00. The summed E-state index contributed by atoms with van der Waals surface area (Å²) in [5.74, 6) is 0.0639. The van der Waals surface area contributed by atoms with Crippen LogP contribution >= 0.6 is 11.3 Å². The van der Waals surface area contributed by atoms with E-state index in [2.05, 4.69) is 20.6 Å². The Balaban J connectivity index is 1.74. The van der Waals surface area contributed by atoms with Gasteiger partial charge in [-0.1, -0.05) is 24.3 Å². The largest absolute Gasteiger partial charge is 0.322 e. The highest BCUT2D eigenvalue weighted by Crippen LogP contribution is 2.26. The molecule has 0 aliphatic carbocycles. The first-order valence-electron chi connectivity index (χ1n) is 7.19. The molecule has 3 aromatic rings. The van der Waals surface area contributed by atoms with Crippen LogP contribution in [-0.4, -0.2) is 21.9 Å². The van der Waals surface area contributed by atoms with Gasteiger partial charge in [0.2, 0.25) is 0 Å². The van der Waals surface area contributed by atoms with Crippen LogP contribution in [0, 0.1) is 0 Å². The fraction of sp³-hybridized carbons (Fsp3) is 0.125. The Kier molecular flexibility index (Phi) is 3.04. The van der Waals surface area contributed by atoms with E-state index < -0.39 is 17.5 Å². The number of nitrogens with one attached hydrogen (secondary N) is 3. The first-order valence-corrected chi connectivity index (χ1v) is 8.07. The number of thiophene rings is 1. The zero-order chi connectivity index (χ0) is 16.9. The van der Waals surface area contributed by atoms with Crippen molar-refractivity contribution in [1.82, 2.24) is 20.6 Å². The van der Waals surface area contributed by atoms with Gasteiger partial charge in [0, 0.05) is 5.56 Å². The van der Waals surface area contributed by atoms with Crippen LogP contribution < -0.4 is 16.2 Å². The lowest BCUT2D eigenvalue weighted by Gasteiger charge is -2.21. The summed E-state index contributed by atoms with van der Waals surface area (Å²) in [6.45, 7) is 1.64. The smallest absolute Gasteiger partial charge is 0.320 e. The molecule has 7 nitrogen and oxygen atoms in total. The fourth-order valence-electron chi connectivity index (χ4n) is 2.72. The number of carbonyl (C=O) groups excluding carboxylic acids is 2. The van der Waals surface area contributed by atoms with Gasteiger partial charge in [0.25, 0.3) is 11.5 Å². The molecule has 8 heteroatoms. The van der Waals surface area contributed by atoms with Crippen molar-refractivity contribution in [2.75, 3.05) is 0 Å². The summed E-state index contributed by atoms with van der Waals surface area (Å²) in [7, 11) is 0. The number of amides is 3. The Hall–Kier alpha value is -3.00. The van der Waals surface area contributed by atoms with Gasteiger partial charge in [0.05, 0.1) is 5.52 Å². The Morgan fingerprint density at radius 1 is 1.08 bits per heavy atom. The van der Waals surface area contributed by atoms with Gasteiger partial charge in [-0.25, -0.2) is 9.78 Å². The number of carbonyl (C=O) groups is 2. The van der Waals surface area contributed by atoms with Crippen molar-refractivity contribution in [3.63, 3.8) is 0 Å². The number of aromatic nitrogens is 2. The van der Waals surface area contributed by atoms with Gasteiger partial charge in [0.1, 0.15) is 16.1 Å². The highest BCUT2D eigenvalue weighted by molar-refractivity contribution is 7.17. The van der Waals surface area contributed by atoms with E-state index in [0.717, 1.165) is 5.56 Å². The standard InChI is InChI=1S/C16H12N4O3S/c1-16(14(22)19-15(23)20-16)9-4-2-8(3-5-9)12-17-10-6-7-24-11(10)13(21)18-12/h2-7H,1H3,(H,17,18,21)(H2,19,20,22,23). The number of fused-ring (bicyclic) bond motifs is 1. The molecule has 1 aromatic carbocycles. The molecule has 1 atom stereocenters. The van der Waals surface area contributed by atoms with Crippen molar-refractivity contribution >= 4 is 33.5 Å². The minimum absolute atomic E-state index is 0.177. The molecule has 0 spiro atoms. The van der Waals surface area contributed by atoms with Gasteiger partial charge in [-0.2, -0.15) is 0 Å². The fourth-order valence-corrected chi connectivity index (χ4v) is 3.44. The summed E-state index contributed by atoms with van der Waals surface area (Å²) < 4.78 is 0.591. The molecular weight excluding hydrogens is 328 g/mol. The average Bonchev–Trinajstić information content (AvgIpc) is 3.13. The maximum Gasteiger partial charge on any atom is 0.322 e. The van der Waals surface area contributed by atoms with E-state index in [9.17, 15) is 14.4 Å². The van der Waals surface area contributed by atoms with Crippen LogP contribution in [0.1, 0.15) is 12.5 Å². The monoisotopic (exact) mass is 340 g/mol. The van der Waals surface area contributed by atoms with Crippen LogP contribution in [0.3, 0.4) is 0 Å². The molecule has 1 saturated heterocycles. The van der Waals surface area contributed by atoms with Gasteiger partial charge in [0.15, 0.2) is 0 Å². The molecule has 1 fully saturated rings. The summed E-state index contributed by atoms with van der Waals surface area (Å²) in [6.07, 6.45) is 0. The molecule has 1 unspecified atom stereocenters. The molecule has 1 aliphatic rings. The number of benzene rings is 1. The lowest BCUT2D eigenvalue weighted by molar-refractivity contribution is -0.123. The number of nitrogens with zero attached hydrogens (tertiary/aromatic N) is 1. The molecule has 0 saturated carbocycles. The second-order valence-corrected chi connectivity index (χ2v) is 6.58. The number of rotatable bonds is 2. The Bertz CT molecular complexity index is 1040. The quantitative estimate of drug-likeness (QED) is 0.618. The maximum atomic E-state index is 12.1. The average molecular weight is 340 g/mol. The van der Waals surface area contributed by atoms with E-state index in [0.29, 0.717) is 21.6 Å². The van der Waals surface area contributed by atoms with Crippen molar-refractivity contribution < 1.29 is 9.59 Å². The molecule has 24 heavy (non-hydrogen) atoms. The molecule has 3 heterocycles. The molecule has 1 aliphatic heterocycles. The van der Waals surface area contributed by atoms with Gasteiger partial charge in [-0.05, 0) is 23.9 Å². The topological polar surface area (TPSA) is 104 Å². The van der Waals surface area contributed by atoms with Crippen molar-refractivity contribution in [3.05, 3.63) is 51.6 Å². The number of hydrogen-bond donors (Lipinski definition) is 3. The molecule has 0 radical (unpaired) electrons. The van der Waals surface area contributed by atoms with Crippen LogP contribution in [0.15, 0.2) is 40.5 Å². The van der Waals surface area contributed by atoms with E-state index in [-0.39, 0.29) is 5.56 Å². The third-order valence-electron chi connectivity index (χ3n) is 4.10. The summed E-state index contributed by atoms with van der Waals surface area (Å²) in [6, 6.07) is 8.27. The molecule has 3 amide bonds. The van der Waals surface area contributed by atoms with E-state index in [1.54, 1.807) is 37.3 Å². The zero-order valence-electron chi connectivity index (χ0n) is 12.5. The number of urea groups is 1. The minimum Gasteiger partial charge on any atom is -0.320 e. The molecular formula is C16H12N4O3S. The van der Waals surface area contributed by atoms with E-state index in [1.165, 1.54) is 11.3 Å². The molecule has 4 rings (SSSR count). The third kappa shape index (κ3) is 2.11. The SMILES string of the molecule is CC1(c2ccc(-c3nc4ccsc4c(=O)[nH]3)cc2)NC(=O)NC1=O. The second kappa shape index (κ2) is 5.00. The van der Waals surface area contributed by atoms with Gasteiger partial charge < -0.3 is 10.3 Å². The van der Waals surface area contributed by atoms with E-state index in [4.69, 9.17) is 0 Å². The summed E-state index contributed by atoms with van der Waals surface area (Å²) in [5.41, 5.74) is 0.736. The number of H-pyrrole nitrogens is 1. The summed E-state index contributed by atoms with van der Waals surface area (Å²) >= 11 is 1.35. The molecule has 2 aromatic heterocycles. The molecule has 0 bridgehead atoms. The van der Waals surface area contributed by atoms with Crippen LogP contribution in [0.4, 0.5) is 4.79 Å².